The molecule has 0 atom stereocenters. The lowest BCUT2D eigenvalue weighted by molar-refractivity contribution is -0.112. The Morgan fingerprint density at radius 1 is 1.26 bits per heavy atom. The predicted octanol–water partition coefficient (Wildman–Crippen LogP) is 3.87. The monoisotopic (exact) mass is 417 g/mol. The number of rotatable bonds is 5. The normalized spacial score (nSPS) is 14.8. The Bertz CT molecular complexity index is 1110. The van der Waals surface area contributed by atoms with E-state index in [2.05, 4.69) is 29.8 Å². The molecule has 0 unspecified atom stereocenters. The van der Waals surface area contributed by atoms with Crippen molar-refractivity contribution in [1.82, 2.24) is 9.88 Å². The summed E-state index contributed by atoms with van der Waals surface area (Å²) in [6.45, 7) is 5.12. The van der Waals surface area contributed by atoms with Crippen LogP contribution >= 0.6 is 0 Å². The maximum Gasteiger partial charge on any atom is 0.308 e. The van der Waals surface area contributed by atoms with Gasteiger partial charge >= 0.3 is 5.91 Å². The van der Waals surface area contributed by atoms with Gasteiger partial charge in [0.15, 0.2) is 0 Å². The maximum absolute atomic E-state index is 13.3. The van der Waals surface area contributed by atoms with E-state index in [9.17, 15) is 9.59 Å². The fourth-order valence-corrected chi connectivity index (χ4v) is 3.85. The van der Waals surface area contributed by atoms with Gasteiger partial charge in [-0.3, -0.25) is 14.5 Å². The van der Waals surface area contributed by atoms with Crippen molar-refractivity contribution in [1.29, 1.82) is 0 Å². The number of hydrogen-bond acceptors (Lipinski definition) is 4. The number of fused-ring (bicyclic) bond motifs is 1. The summed E-state index contributed by atoms with van der Waals surface area (Å²) in [7, 11) is 3.36. The van der Waals surface area contributed by atoms with E-state index in [0.29, 0.717) is 37.0 Å². The van der Waals surface area contributed by atoms with E-state index in [1.54, 1.807) is 24.0 Å². The number of hydrogen-bond donors (Lipinski definition) is 0. The smallest absolute Gasteiger partial charge is 0.308 e. The Hall–Kier alpha value is -3.17. The average Bonchev–Trinajstić information content (AvgIpc) is 3.55. The first-order chi connectivity index (χ1) is 14.9. The zero-order chi connectivity index (χ0) is 22.1. The molecule has 160 valence electrons. The van der Waals surface area contributed by atoms with Crippen molar-refractivity contribution in [2.45, 2.75) is 45.6 Å². The summed E-state index contributed by atoms with van der Waals surface area (Å²) < 4.78 is 5.03. The number of anilines is 2. The molecular formula is C25H27N3O3. The van der Waals surface area contributed by atoms with Crippen molar-refractivity contribution in [3.8, 4) is 11.8 Å². The predicted molar refractivity (Wildman–Crippen MR) is 119 cm³/mol. The van der Waals surface area contributed by atoms with Crippen molar-refractivity contribution in [2.24, 2.45) is 0 Å². The first-order valence-corrected chi connectivity index (χ1v) is 10.6. The first-order valence-electron chi connectivity index (χ1n) is 10.6. The summed E-state index contributed by atoms with van der Waals surface area (Å²) in [6.07, 6.45) is 2.69. The number of pyridine rings is 1. The molecule has 1 aromatic carbocycles. The molecule has 1 aliphatic heterocycles. The second kappa shape index (κ2) is 8.52. The molecule has 6 nitrogen and oxygen atoms in total. The molecule has 1 fully saturated rings. The fraction of sp³-hybridized carbons (Fsp3) is 0.400. The van der Waals surface area contributed by atoms with Gasteiger partial charge in [-0.05, 0) is 67.4 Å². The molecule has 2 aromatic rings. The molecule has 2 amide bonds. The van der Waals surface area contributed by atoms with E-state index in [1.165, 1.54) is 5.56 Å². The highest BCUT2D eigenvalue weighted by atomic mass is 16.5. The second-order valence-electron chi connectivity index (χ2n) is 8.29. The van der Waals surface area contributed by atoms with Gasteiger partial charge in [-0.15, -0.1) is 0 Å². The number of amides is 2. The number of aromatic nitrogens is 1. The molecular weight excluding hydrogens is 390 g/mol. The van der Waals surface area contributed by atoms with Crippen molar-refractivity contribution in [3.05, 3.63) is 52.2 Å². The van der Waals surface area contributed by atoms with Gasteiger partial charge in [0.2, 0.25) is 0 Å². The standard InChI is InChI=1S/C25H27N3O3/c1-16-13-20(18-8-9-18)21(14-17(16)2)28(23(29)7-5-6-12-31-4)22-11-10-19-15-27(3)25(30)24(19)26-22/h10-11,13-14,18H,6,8-9,12,15H2,1-4H3. The van der Waals surface area contributed by atoms with Crippen LogP contribution in [0.15, 0.2) is 24.3 Å². The summed E-state index contributed by atoms with van der Waals surface area (Å²) in [4.78, 5) is 33.7. The van der Waals surface area contributed by atoms with Crippen molar-refractivity contribution in [2.75, 3.05) is 25.7 Å². The molecule has 1 aliphatic carbocycles. The van der Waals surface area contributed by atoms with Crippen LogP contribution in [0.5, 0.6) is 0 Å². The van der Waals surface area contributed by atoms with Gasteiger partial charge in [0.1, 0.15) is 11.5 Å². The van der Waals surface area contributed by atoms with Crippen LogP contribution in [0.1, 0.15) is 57.9 Å². The van der Waals surface area contributed by atoms with Crippen LogP contribution in [-0.4, -0.2) is 42.5 Å². The van der Waals surface area contributed by atoms with Crippen LogP contribution in [0, 0.1) is 25.7 Å². The fourth-order valence-electron chi connectivity index (χ4n) is 3.85. The maximum atomic E-state index is 13.3. The molecule has 0 saturated heterocycles. The number of carbonyl (C=O) groups is 2. The molecule has 0 bridgehead atoms. The van der Waals surface area contributed by atoms with Gasteiger partial charge in [-0.1, -0.05) is 18.1 Å². The van der Waals surface area contributed by atoms with Crippen LogP contribution < -0.4 is 4.90 Å². The molecule has 2 heterocycles. The summed E-state index contributed by atoms with van der Waals surface area (Å²) in [5.41, 5.74) is 5.52. The molecule has 0 N–H and O–H groups in total. The second-order valence-corrected chi connectivity index (χ2v) is 8.29. The highest BCUT2D eigenvalue weighted by Gasteiger charge is 2.32. The lowest BCUT2D eigenvalue weighted by atomic mass is 9.99. The molecule has 0 radical (unpaired) electrons. The SMILES string of the molecule is COCCC#CC(=O)N(c1ccc2c(n1)C(=O)N(C)C2)c1cc(C)c(C)cc1C1CC1. The lowest BCUT2D eigenvalue weighted by Crippen LogP contribution is -2.27. The van der Waals surface area contributed by atoms with E-state index in [-0.39, 0.29) is 11.8 Å². The molecule has 4 rings (SSSR count). The Morgan fingerprint density at radius 2 is 2.00 bits per heavy atom. The van der Waals surface area contributed by atoms with Crippen molar-refractivity contribution >= 4 is 23.3 Å². The zero-order valence-electron chi connectivity index (χ0n) is 18.5. The van der Waals surface area contributed by atoms with Gasteiger partial charge in [0, 0.05) is 32.7 Å². The molecule has 6 heteroatoms. The van der Waals surface area contributed by atoms with Crippen molar-refractivity contribution in [3.63, 3.8) is 0 Å². The highest BCUT2D eigenvalue weighted by Crippen LogP contribution is 2.46. The number of carbonyl (C=O) groups excluding carboxylic acids is 2. The van der Waals surface area contributed by atoms with Gasteiger partial charge in [-0.25, -0.2) is 4.98 Å². The summed E-state index contributed by atoms with van der Waals surface area (Å²) >= 11 is 0. The van der Waals surface area contributed by atoms with E-state index in [4.69, 9.17) is 4.74 Å². The van der Waals surface area contributed by atoms with Crippen LogP contribution in [-0.2, 0) is 16.1 Å². The average molecular weight is 418 g/mol. The minimum atomic E-state index is -0.354. The third-order valence-electron chi connectivity index (χ3n) is 5.88. The number of benzene rings is 1. The van der Waals surface area contributed by atoms with Gasteiger partial charge in [0.25, 0.3) is 5.91 Å². The summed E-state index contributed by atoms with van der Waals surface area (Å²) in [5.74, 6) is 6.03. The molecule has 2 aliphatic rings. The Morgan fingerprint density at radius 3 is 2.71 bits per heavy atom. The highest BCUT2D eigenvalue weighted by molar-refractivity contribution is 6.11. The minimum absolute atomic E-state index is 0.127. The Kier molecular flexibility index (Phi) is 5.79. The van der Waals surface area contributed by atoms with E-state index >= 15 is 0 Å². The quantitative estimate of drug-likeness (QED) is 0.547. The molecule has 0 spiro atoms. The third-order valence-corrected chi connectivity index (χ3v) is 5.88. The van der Waals surface area contributed by atoms with Gasteiger partial charge < -0.3 is 9.64 Å². The lowest BCUT2D eigenvalue weighted by Gasteiger charge is -2.24. The van der Waals surface area contributed by atoms with Crippen LogP contribution in [0.3, 0.4) is 0 Å². The number of aryl methyl sites for hydroxylation is 2. The van der Waals surface area contributed by atoms with Crippen molar-refractivity contribution < 1.29 is 14.3 Å². The number of methoxy groups -OCH3 is 1. The Balaban J connectivity index is 1.82. The van der Waals surface area contributed by atoms with Crippen LogP contribution in [0.2, 0.25) is 0 Å². The van der Waals surface area contributed by atoms with E-state index in [0.717, 1.165) is 35.2 Å². The molecule has 1 saturated carbocycles. The Labute approximate surface area is 183 Å². The van der Waals surface area contributed by atoms with Gasteiger partial charge in [-0.2, -0.15) is 0 Å². The number of ether oxygens (including phenoxy) is 1. The third kappa shape index (κ3) is 4.19. The zero-order valence-corrected chi connectivity index (χ0v) is 18.5. The molecule has 31 heavy (non-hydrogen) atoms. The summed E-state index contributed by atoms with van der Waals surface area (Å²) in [6, 6.07) is 7.91. The summed E-state index contributed by atoms with van der Waals surface area (Å²) in [5, 5.41) is 0. The largest absolute Gasteiger partial charge is 0.384 e. The van der Waals surface area contributed by atoms with E-state index < -0.39 is 0 Å². The van der Waals surface area contributed by atoms with Crippen LogP contribution in [0.25, 0.3) is 0 Å². The van der Waals surface area contributed by atoms with E-state index in [1.807, 2.05) is 25.1 Å². The number of nitrogens with zero attached hydrogens (tertiary/aromatic N) is 3. The first kappa shape index (κ1) is 21.1. The van der Waals surface area contributed by atoms with Gasteiger partial charge in [0.05, 0.1) is 12.3 Å². The minimum Gasteiger partial charge on any atom is -0.384 e. The topological polar surface area (TPSA) is 62.7 Å². The van der Waals surface area contributed by atoms with Crippen LogP contribution in [0.4, 0.5) is 11.5 Å². The molecule has 1 aromatic heterocycles.